The molecule has 7 N–H and O–H groups in total. The van der Waals surface area contributed by atoms with Crippen molar-refractivity contribution in [2.24, 2.45) is 5.73 Å². The number of methoxy groups -OCH3 is 1. The lowest BCUT2D eigenvalue weighted by Crippen LogP contribution is -2.21. The van der Waals surface area contributed by atoms with Gasteiger partial charge in [-0.3, -0.25) is 5.41 Å². The van der Waals surface area contributed by atoms with Gasteiger partial charge >= 0.3 is 18.1 Å². The second-order valence-electron chi connectivity index (χ2n) is 10.1. The maximum absolute atomic E-state index is 14.4. The average molecular weight is 700 g/mol. The molecule has 0 aliphatic carbocycles. The number of anilines is 1. The lowest BCUT2D eigenvalue weighted by molar-refractivity contribution is -0.192. The Hall–Kier alpha value is -6.16. The van der Waals surface area contributed by atoms with Crippen molar-refractivity contribution in [2.45, 2.75) is 16.0 Å². The lowest BCUT2D eigenvalue weighted by Gasteiger charge is -2.16. The van der Waals surface area contributed by atoms with Crippen molar-refractivity contribution in [2.75, 3.05) is 12.8 Å². The first kappa shape index (κ1) is 35.7. The van der Waals surface area contributed by atoms with Crippen LogP contribution in [0.4, 0.5) is 23.2 Å². The van der Waals surface area contributed by atoms with E-state index < -0.39 is 33.8 Å². The number of hydrogen-bond donors (Lipinski definition) is 5. The van der Waals surface area contributed by atoms with Crippen molar-refractivity contribution in [1.82, 2.24) is 0 Å². The number of aliphatic carboxylic acids is 1. The summed E-state index contributed by atoms with van der Waals surface area (Å²) in [6.45, 7) is 0. The van der Waals surface area contributed by atoms with Crippen LogP contribution in [-0.2, 0) is 14.6 Å². The number of carboxylic acid groups (broad SMARTS) is 2. The van der Waals surface area contributed by atoms with E-state index in [-0.39, 0.29) is 49.5 Å². The van der Waals surface area contributed by atoms with Gasteiger partial charge in [-0.15, -0.1) is 0 Å². The van der Waals surface area contributed by atoms with Crippen LogP contribution in [-0.4, -0.2) is 49.7 Å². The number of fused-ring (bicyclic) bond motifs is 1. The summed E-state index contributed by atoms with van der Waals surface area (Å²) in [7, 11) is -2.98. The second kappa shape index (κ2) is 13.9. The monoisotopic (exact) mass is 699 g/mol. The highest BCUT2D eigenvalue weighted by Gasteiger charge is 2.38. The first-order chi connectivity index (χ1) is 22.9. The first-order valence-corrected chi connectivity index (χ1v) is 15.1. The van der Waals surface area contributed by atoms with Crippen molar-refractivity contribution in [3.8, 4) is 28.4 Å². The number of benzene rings is 5. The van der Waals surface area contributed by atoms with Crippen molar-refractivity contribution >= 4 is 44.1 Å². The molecule has 5 aromatic carbocycles. The van der Waals surface area contributed by atoms with Gasteiger partial charge in [0, 0.05) is 22.4 Å². The molecule has 0 unspecified atom stereocenters. The molecular weight excluding hydrogens is 674 g/mol. The minimum Gasteiger partial charge on any atom is -0.494 e. The molecule has 49 heavy (non-hydrogen) atoms. The first-order valence-electron chi connectivity index (χ1n) is 13.6. The average Bonchev–Trinajstić information content (AvgIpc) is 3.04. The van der Waals surface area contributed by atoms with Crippen molar-refractivity contribution in [1.29, 1.82) is 5.41 Å². The minimum atomic E-state index is -5.08. The zero-order valence-electron chi connectivity index (χ0n) is 25.1. The van der Waals surface area contributed by atoms with Crippen LogP contribution in [0.25, 0.3) is 21.9 Å². The molecule has 5 rings (SSSR count). The van der Waals surface area contributed by atoms with Crippen LogP contribution in [0.2, 0.25) is 0 Å². The van der Waals surface area contributed by atoms with E-state index in [4.69, 9.17) is 36.3 Å². The fraction of sp³-hybridized carbons (Fsp3) is 0.0606. The minimum absolute atomic E-state index is 0.0246. The van der Waals surface area contributed by atoms with Crippen LogP contribution in [0, 0.1) is 11.2 Å². The SMILES string of the molecule is COc1ccc(S(=O)(=O)c2ccc(Oc3ccc4cc(C(=N)N)ccc4c3)c(-c3cccc(N)c3C(=O)O)c2)cc1F.O=C(O)C(F)(F)F. The van der Waals surface area contributed by atoms with E-state index in [1.165, 1.54) is 49.6 Å². The predicted octanol–water partition coefficient (Wildman–Crippen LogP) is 6.48. The lowest BCUT2D eigenvalue weighted by atomic mass is 9.97. The fourth-order valence-electron chi connectivity index (χ4n) is 4.54. The number of aromatic carboxylic acids is 1. The number of nitrogens with one attached hydrogen (secondary N) is 1. The standard InChI is InChI=1S/C31H24FN3O6S.C2HF3O2/c1-40-28-12-10-22(16-25(28)32)42(38,39)21-9-11-27(24(15-21)23-3-2-4-26(33)29(23)31(36)37)41-20-8-7-17-13-19(30(34)35)6-5-18(17)14-20;3-2(4,5)1(6)7/h2-16H,33H2,1H3,(H3,34,35)(H,36,37);(H,6,7). The largest absolute Gasteiger partial charge is 0.494 e. The van der Waals surface area contributed by atoms with E-state index >= 15 is 0 Å². The number of carbonyl (C=O) groups is 2. The molecule has 0 amide bonds. The van der Waals surface area contributed by atoms with Crippen LogP contribution < -0.4 is 20.9 Å². The fourth-order valence-corrected chi connectivity index (χ4v) is 5.84. The van der Waals surface area contributed by atoms with E-state index in [0.717, 1.165) is 16.8 Å². The molecule has 0 saturated heterocycles. The van der Waals surface area contributed by atoms with Crippen molar-refractivity contribution in [3.05, 3.63) is 108 Å². The quantitative estimate of drug-likeness (QED) is 0.0516. The highest BCUT2D eigenvalue weighted by molar-refractivity contribution is 7.91. The molecule has 0 heterocycles. The van der Waals surface area contributed by atoms with Gasteiger partial charge in [0.1, 0.15) is 17.3 Å². The number of halogens is 4. The molecule has 0 aliphatic heterocycles. The molecule has 0 atom stereocenters. The number of alkyl halides is 3. The molecule has 11 nitrogen and oxygen atoms in total. The molecule has 0 saturated carbocycles. The Balaban J connectivity index is 0.000000698. The normalized spacial score (nSPS) is 11.3. The Morgan fingerprint density at radius 2 is 1.41 bits per heavy atom. The topological polar surface area (TPSA) is 203 Å². The van der Waals surface area contributed by atoms with Crippen molar-refractivity contribution in [3.63, 3.8) is 0 Å². The zero-order chi connectivity index (χ0) is 36.3. The molecule has 0 aromatic heterocycles. The van der Waals surface area contributed by atoms with Crippen LogP contribution >= 0.6 is 0 Å². The van der Waals surface area contributed by atoms with Gasteiger partial charge in [-0.1, -0.05) is 30.3 Å². The third-order valence-corrected chi connectivity index (χ3v) is 8.64. The zero-order valence-corrected chi connectivity index (χ0v) is 25.9. The van der Waals surface area contributed by atoms with Crippen LogP contribution in [0.3, 0.4) is 0 Å². The molecule has 0 bridgehead atoms. The predicted molar refractivity (Wildman–Crippen MR) is 170 cm³/mol. The van der Waals surface area contributed by atoms with Gasteiger partial charge < -0.3 is 31.2 Å². The van der Waals surface area contributed by atoms with Gasteiger partial charge in [-0.2, -0.15) is 13.2 Å². The van der Waals surface area contributed by atoms with Crippen LogP contribution in [0.1, 0.15) is 15.9 Å². The molecule has 16 heteroatoms. The highest BCUT2D eigenvalue weighted by atomic mass is 32.2. The van der Waals surface area contributed by atoms with Crippen LogP contribution in [0.15, 0.2) is 101 Å². The third-order valence-electron chi connectivity index (χ3n) is 6.89. The third kappa shape index (κ3) is 7.87. The van der Waals surface area contributed by atoms with Crippen LogP contribution in [0.5, 0.6) is 17.2 Å². The summed E-state index contributed by atoms with van der Waals surface area (Å²) in [5, 5.41) is 26.3. The Kier molecular flexibility index (Phi) is 10.1. The van der Waals surface area contributed by atoms with E-state index in [1.807, 2.05) is 0 Å². The Morgan fingerprint density at radius 1 is 0.816 bits per heavy atom. The molecule has 5 aromatic rings. The number of carboxylic acids is 2. The van der Waals surface area contributed by atoms with E-state index in [1.54, 1.807) is 42.5 Å². The van der Waals surface area contributed by atoms with E-state index in [2.05, 4.69) is 0 Å². The Bertz CT molecular complexity index is 2220. The number of hydrogen-bond acceptors (Lipinski definition) is 8. The summed E-state index contributed by atoms with van der Waals surface area (Å²) < 4.78 is 84.3. The summed E-state index contributed by atoms with van der Waals surface area (Å²) in [5.41, 5.74) is 12.2. The molecule has 0 spiro atoms. The summed E-state index contributed by atoms with van der Waals surface area (Å²) in [6, 6.07) is 22.2. The summed E-state index contributed by atoms with van der Waals surface area (Å²) >= 11 is 0. The van der Waals surface area contributed by atoms with Gasteiger partial charge in [0.2, 0.25) is 9.84 Å². The van der Waals surface area contributed by atoms with E-state index in [0.29, 0.717) is 11.3 Å². The number of amidine groups is 1. The van der Waals surface area contributed by atoms with Crippen molar-refractivity contribution < 1.29 is 55.3 Å². The summed E-state index contributed by atoms with van der Waals surface area (Å²) in [4.78, 5) is 20.6. The van der Waals surface area contributed by atoms with Gasteiger partial charge in [-0.05, 0) is 71.4 Å². The molecule has 0 fully saturated rings. The molecule has 0 aliphatic rings. The smallest absolute Gasteiger partial charge is 0.490 e. The van der Waals surface area contributed by atoms with E-state index in [9.17, 15) is 35.9 Å². The Labute approximate surface area is 275 Å². The summed E-state index contributed by atoms with van der Waals surface area (Å²) in [6.07, 6.45) is -5.08. The number of nitrogen functional groups attached to an aromatic ring is 2. The number of rotatable bonds is 8. The second-order valence-corrected chi connectivity index (χ2v) is 12.0. The van der Waals surface area contributed by atoms with Gasteiger partial charge in [0.25, 0.3) is 0 Å². The van der Waals surface area contributed by atoms with Gasteiger partial charge in [0.05, 0.1) is 22.5 Å². The molecular formula is C33H25F4N3O8S. The highest BCUT2D eigenvalue weighted by Crippen LogP contribution is 2.40. The Morgan fingerprint density at radius 3 is 1.98 bits per heavy atom. The maximum Gasteiger partial charge on any atom is 0.490 e. The molecule has 0 radical (unpaired) electrons. The summed E-state index contributed by atoms with van der Waals surface area (Å²) in [5.74, 6) is -4.56. The number of ether oxygens (including phenoxy) is 2. The van der Waals surface area contributed by atoms with Gasteiger partial charge in [-0.25, -0.2) is 22.4 Å². The molecule has 254 valence electrons. The maximum atomic E-state index is 14.4. The van der Waals surface area contributed by atoms with Gasteiger partial charge in [0.15, 0.2) is 11.6 Å². The number of nitrogens with two attached hydrogens (primary N) is 2. The number of sulfone groups is 1.